The van der Waals surface area contributed by atoms with Gasteiger partial charge < -0.3 is 20.7 Å². The first kappa shape index (κ1) is 23.7. The largest absolute Gasteiger partial charge is 0.494 e. The van der Waals surface area contributed by atoms with Crippen molar-refractivity contribution in [3.63, 3.8) is 0 Å². The molecule has 0 unspecified atom stereocenters. The van der Waals surface area contributed by atoms with E-state index in [-0.39, 0.29) is 29.9 Å². The highest BCUT2D eigenvalue weighted by molar-refractivity contribution is 14.0. The molecule has 0 saturated carbocycles. The van der Waals surface area contributed by atoms with E-state index in [0.29, 0.717) is 32.1 Å². The molecule has 3 N–H and O–H groups in total. The molecule has 0 bridgehead atoms. The van der Waals surface area contributed by atoms with Crippen LogP contribution < -0.4 is 20.7 Å². The van der Waals surface area contributed by atoms with Gasteiger partial charge in [0, 0.05) is 33.1 Å². The minimum Gasteiger partial charge on any atom is -0.494 e. The van der Waals surface area contributed by atoms with E-state index < -0.39 is 0 Å². The maximum Gasteiger partial charge on any atom is 0.222 e. The first-order valence-corrected chi connectivity index (χ1v) is 9.21. The van der Waals surface area contributed by atoms with E-state index in [4.69, 9.17) is 4.74 Å². The van der Waals surface area contributed by atoms with E-state index >= 15 is 0 Å². The second-order valence-electron chi connectivity index (χ2n) is 5.95. The Kier molecular flexibility index (Phi) is 12.5. The van der Waals surface area contributed by atoms with Crippen LogP contribution in [0.25, 0.3) is 0 Å². The number of hydrogen-bond acceptors (Lipinski definition) is 3. The molecule has 0 fully saturated rings. The fourth-order valence-corrected chi connectivity index (χ4v) is 2.39. The summed E-state index contributed by atoms with van der Waals surface area (Å²) in [5.74, 6) is 1.57. The lowest BCUT2D eigenvalue weighted by molar-refractivity contribution is -0.121. The third-order valence-corrected chi connectivity index (χ3v) is 3.83. The molecule has 6 nitrogen and oxygen atoms in total. The van der Waals surface area contributed by atoms with E-state index in [9.17, 15) is 4.79 Å². The normalized spacial score (nSPS) is 10.5. The molecule has 28 heavy (non-hydrogen) atoms. The molecule has 0 aliphatic rings. The van der Waals surface area contributed by atoms with Crippen molar-refractivity contribution in [3.8, 4) is 5.75 Å². The van der Waals surface area contributed by atoms with Crippen LogP contribution in [0, 0.1) is 0 Å². The molecule has 1 amide bonds. The maximum atomic E-state index is 11.9. The van der Waals surface area contributed by atoms with Crippen molar-refractivity contribution in [2.75, 3.05) is 26.7 Å². The smallest absolute Gasteiger partial charge is 0.222 e. The fourth-order valence-electron chi connectivity index (χ4n) is 2.39. The van der Waals surface area contributed by atoms with Gasteiger partial charge in [0.25, 0.3) is 0 Å². The number of guanidine groups is 1. The summed E-state index contributed by atoms with van der Waals surface area (Å²) in [6.07, 6.45) is 1.25. The third kappa shape index (κ3) is 10.1. The topological polar surface area (TPSA) is 74.8 Å². The highest BCUT2D eigenvalue weighted by Gasteiger charge is 2.03. The molecular weight excluding hydrogens is 467 g/mol. The van der Waals surface area contributed by atoms with Crippen LogP contribution in [0.4, 0.5) is 0 Å². The van der Waals surface area contributed by atoms with Gasteiger partial charge in [-0.2, -0.15) is 0 Å². The molecule has 0 aromatic heterocycles. The Labute approximate surface area is 184 Å². The minimum absolute atomic E-state index is 0. The number of halogens is 1. The lowest BCUT2D eigenvalue weighted by atomic mass is 10.2. The number of ether oxygens (including phenoxy) is 1. The summed E-state index contributed by atoms with van der Waals surface area (Å²) in [4.78, 5) is 16.0. The predicted molar refractivity (Wildman–Crippen MR) is 124 cm³/mol. The Balaban J connectivity index is 0.00000392. The van der Waals surface area contributed by atoms with Crippen molar-refractivity contribution in [1.29, 1.82) is 0 Å². The molecule has 0 spiro atoms. The molecule has 152 valence electrons. The van der Waals surface area contributed by atoms with Crippen LogP contribution in [0.5, 0.6) is 5.75 Å². The Morgan fingerprint density at radius 1 is 0.929 bits per heavy atom. The molecule has 7 heteroatoms. The van der Waals surface area contributed by atoms with Gasteiger partial charge >= 0.3 is 0 Å². The van der Waals surface area contributed by atoms with Gasteiger partial charge in [-0.25, -0.2) is 0 Å². The van der Waals surface area contributed by atoms with E-state index in [1.54, 1.807) is 7.05 Å². The van der Waals surface area contributed by atoms with Gasteiger partial charge in [-0.1, -0.05) is 48.5 Å². The van der Waals surface area contributed by atoms with E-state index in [2.05, 4.69) is 20.9 Å². The summed E-state index contributed by atoms with van der Waals surface area (Å²) in [6.45, 7) is 2.46. The number of carbonyl (C=O) groups is 1. The fraction of sp³-hybridized carbons (Fsp3) is 0.333. The molecular formula is C21H29IN4O2. The maximum absolute atomic E-state index is 11.9. The van der Waals surface area contributed by atoms with Crippen LogP contribution in [0.1, 0.15) is 18.4 Å². The highest BCUT2D eigenvalue weighted by Crippen LogP contribution is 2.07. The van der Waals surface area contributed by atoms with Crippen molar-refractivity contribution >= 4 is 35.8 Å². The monoisotopic (exact) mass is 496 g/mol. The summed E-state index contributed by atoms with van der Waals surface area (Å²) < 4.78 is 5.64. The number of nitrogens with zero attached hydrogens (tertiary/aromatic N) is 1. The number of para-hydroxylation sites is 1. The SMILES string of the molecule is CN=C(NCCCOc1ccccc1)NCCC(=O)NCc1ccccc1.I. The Morgan fingerprint density at radius 2 is 1.57 bits per heavy atom. The summed E-state index contributed by atoms with van der Waals surface area (Å²) >= 11 is 0. The van der Waals surface area contributed by atoms with Crippen molar-refractivity contribution in [1.82, 2.24) is 16.0 Å². The summed E-state index contributed by atoms with van der Waals surface area (Å²) in [7, 11) is 1.71. The van der Waals surface area contributed by atoms with Gasteiger partial charge in [-0.15, -0.1) is 24.0 Å². The average Bonchev–Trinajstić information content (AvgIpc) is 2.72. The van der Waals surface area contributed by atoms with Crippen LogP contribution >= 0.6 is 24.0 Å². The number of carbonyl (C=O) groups excluding carboxylic acids is 1. The molecule has 0 saturated heterocycles. The molecule has 0 aliphatic carbocycles. The third-order valence-electron chi connectivity index (χ3n) is 3.83. The van der Waals surface area contributed by atoms with Gasteiger partial charge in [0.05, 0.1) is 6.61 Å². The first-order chi connectivity index (χ1) is 13.3. The number of hydrogen-bond donors (Lipinski definition) is 3. The summed E-state index contributed by atoms with van der Waals surface area (Å²) in [5, 5.41) is 9.27. The standard InChI is InChI=1S/C21H28N4O2.HI/c1-22-21(23-14-8-16-27-19-11-6-3-7-12-19)24-15-13-20(26)25-17-18-9-4-2-5-10-18;/h2-7,9-12H,8,13-17H2,1H3,(H,25,26)(H2,22,23,24);1H. The van der Waals surface area contributed by atoms with E-state index in [1.807, 2.05) is 60.7 Å². The highest BCUT2D eigenvalue weighted by atomic mass is 127. The van der Waals surface area contributed by atoms with Crippen LogP contribution in [0.3, 0.4) is 0 Å². The first-order valence-electron chi connectivity index (χ1n) is 9.21. The van der Waals surface area contributed by atoms with Crippen molar-refractivity contribution in [3.05, 3.63) is 66.2 Å². The number of rotatable bonds is 10. The van der Waals surface area contributed by atoms with Crippen molar-refractivity contribution in [2.45, 2.75) is 19.4 Å². The van der Waals surface area contributed by atoms with E-state index in [0.717, 1.165) is 24.3 Å². The number of aliphatic imine (C=N–C) groups is 1. The molecule has 2 aromatic carbocycles. The Bertz CT molecular complexity index is 696. The van der Waals surface area contributed by atoms with Gasteiger partial charge in [0.1, 0.15) is 5.75 Å². The zero-order valence-electron chi connectivity index (χ0n) is 16.2. The zero-order valence-corrected chi connectivity index (χ0v) is 18.5. The van der Waals surface area contributed by atoms with Gasteiger partial charge in [0.15, 0.2) is 5.96 Å². The van der Waals surface area contributed by atoms with Crippen molar-refractivity contribution < 1.29 is 9.53 Å². The summed E-state index contributed by atoms with van der Waals surface area (Å²) in [6, 6.07) is 19.6. The summed E-state index contributed by atoms with van der Waals surface area (Å²) in [5.41, 5.74) is 1.09. The molecule has 0 atom stereocenters. The van der Waals surface area contributed by atoms with Crippen molar-refractivity contribution in [2.24, 2.45) is 4.99 Å². The molecule has 2 aromatic rings. The number of nitrogens with one attached hydrogen (secondary N) is 3. The molecule has 0 heterocycles. The van der Waals surface area contributed by atoms with Crippen LogP contribution in [-0.2, 0) is 11.3 Å². The lowest BCUT2D eigenvalue weighted by Gasteiger charge is -2.12. The molecule has 0 aliphatic heterocycles. The second-order valence-corrected chi connectivity index (χ2v) is 5.95. The predicted octanol–water partition coefficient (Wildman–Crippen LogP) is 2.95. The second kappa shape index (κ2) is 14.7. The lowest BCUT2D eigenvalue weighted by Crippen LogP contribution is -2.39. The molecule has 0 radical (unpaired) electrons. The van der Waals surface area contributed by atoms with Crippen LogP contribution in [0.15, 0.2) is 65.7 Å². The zero-order chi connectivity index (χ0) is 19.2. The van der Waals surface area contributed by atoms with Gasteiger partial charge in [0.2, 0.25) is 5.91 Å². The van der Waals surface area contributed by atoms with Gasteiger partial charge in [-0.3, -0.25) is 9.79 Å². The average molecular weight is 496 g/mol. The minimum atomic E-state index is 0. The van der Waals surface area contributed by atoms with Crippen LogP contribution in [0.2, 0.25) is 0 Å². The Morgan fingerprint density at radius 3 is 2.25 bits per heavy atom. The van der Waals surface area contributed by atoms with E-state index in [1.165, 1.54) is 0 Å². The number of benzene rings is 2. The Hall–Kier alpha value is -2.29. The van der Waals surface area contributed by atoms with Gasteiger partial charge in [-0.05, 0) is 24.1 Å². The van der Waals surface area contributed by atoms with Crippen LogP contribution in [-0.4, -0.2) is 38.6 Å². The quantitative estimate of drug-likeness (QED) is 0.205. The molecule has 2 rings (SSSR count). The number of amides is 1.